The summed E-state index contributed by atoms with van der Waals surface area (Å²) in [6.07, 6.45) is 0. The Morgan fingerprint density at radius 2 is 1.96 bits per heavy atom. The van der Waals surface area contributed by atoms with Crippen molar-refractivity contribution in [3.05, 3.63) is 57.8 Å². The van der Waals surface area contributed by atoms with Crippen molar-refractivity contribution in [2.75, 3.05) is 12.4 Å². The number of hydrogen-bond acceptors (Lipinski definition) is 6. The molecule has 3 rings (SSSR count). The monoisotopic (exact) mass is 406 g/mol. The van der Waals surface area contributed by atoms with Gasteiger partial charge in [-0.3, -0.25) is 10.1 Å². The molecule has 0 bridgehead atoms. The molecule has 1 aromatic carbocycles. The van der Waals surface area contributed by atoms with E-state index in [-0.39, 0.29) is 11.7 Å². The van der Waals surface area contributed by atoms with Crippen LogP contribution in [0.2, 0.25) is 0 Å². The van der Waals surface area contributed by atoms with E-state index in [4.69, 9.17) is 4.42 Å². The van der Waals surface area contributed by atoms with Crippen LogP contribution in [-0.4, -0.2) is 24.0 Å². The minimum atomic E-state index is -0.391. The first-order valence-corrected chi connectivity index (χ1v) is 8.45. The zero-order chi connectivity index (χ0) is 17.1. The third-order valence-electron chi connectivity index (χ3n) is 3.12. The predicted octanol–water partition coefficient (Wildman–Crippen LogP) is 4.20. The van der Waals surface area contributed by atoms with Crippen molar-refractivity contribution in [2.45, 2.75) is 0 Å². The van der Waals surface area contributed by atoms with Gasteiger partial charge in [-0.15, -0.1) is 11.3 Å². The molecule has 3 aromatic rings. The fourth-order valence-corrected chi connectivity index (χ4v) is 2.97. The van der Waals surface area contributed by atoms with Crippen LogP contribution in [-0.2, 0) is 4.74 Å². The van der Waals surface area contributed by atoms with Crippen molar-refractivity contribution in [1.29, 1.82) is 0 Å². The predicted molar refractivity (Wildman–Crippen MR) is 93.3 cm³/mol. The molecule has 0 spiro atoms. The number of benzene rings is 1. The summed E-state index contributed by atoms with van der Waals surface area (Å²) < 4.78 is 10.3. The molecule has 24 heavy (non-hydrogen) atoms. The molecule has 0 saturated carbocycles. The minimum absolute atomic E-state index is 0.195. The number of halogens is 1. The number of furan rings is 1. The highest BCUT2D eigenvalue weighted by molar-refractivity contribution is 9.10. The van der Waals surface area contributed by atoms with E-state index in [0.29, 0.717) is 21.1 Å². The van der Waals surface area contributed by atoms with Gasteiger partial charge in [0, 0.05) is 10.9 Å². The Balaban J connectivity index is 1.73. The number of esters is 1. The van der Waals surface area contributed by atoms with E-state index in [1.807, 2.05) is 5.38 Å². The molecule has 2 heterocycles. The van der Waals surface area contributed by atoms with E-state index < -0.39 is 5.97 Å². The van der Waals surface area contributed by atoms with Crippen LogP contribution < -0.4 is 5.32 Å². The van der Waals surface area contributed by atoms with E-state index in [1.54, 1.807) is 36.4 Å². The highest BCUT2D eigenvalue weighted by atomic mass is 79.9. The molecule has 6 nitrogen and oxygen atoms in total. The number of nitrogens with zero attached hydrogens (tertiary/aromatic N) is 1. The summed E-state index contributed by atoms with van der Waals surface area (Å²) in [6.45, 7) is 0. The average Bonchev–Trinajstić information content (AvgIpc) is 3.23. The maximum absolute atomic E-state index is 12.0. The van der Waals surface area contributed by atoms with Crippen LogP contribution in [0, 0.1) is 0 Å². The van der Waals surface area contributed by atoms with Gasteiger partial charge in [-0.1, -0.05) is 12.1 Å². The molecule has 122 valence electrons. The largest absolute Gasteiger partial charge is 0.465 e. The quantitative estimate of drug-likeness (QED) is 0.656. The first-order valence-electron chi connectivity index (χ1n) is 6.78. The Morgan fingerprint density at radius 1 is 1.21 bits per heavy atom. The number of rotatable bonds is 4. The van der Waals surface area contributed by atoms with Crippen LogP contribution in [0.25, 0.3) is 11.3 Å². The van der Waals surface area contributed by atoms with Crippen molar-refractivity contribution in [3.63, 3.8) is 0 Å². The fraction of sp³-hybridized carbons (Fsp3) is 0.0625. The highest BCUT2D eigenvalue weighted by Crippen LogP contribution is 2.26. The fourth-order valence-electron chi connectivity index (χ4n) is 1.95. The third kappa shape index (κ3) is 3.55. The average molecular weight is 407 g/mol. The van der Waals surface area contributed by atoms with Crippen LogP contribution in [0.1, 0.15) is 20.9 Å². The first-order chi connectivity index (χ1) is 11.6. The van der Waals surface area contributed by atoms with Crippen LogP contribution in [0.15, 0.2) is 50.9 Å². The van der Waals surface area contributed by atoms with Gasteiger partial charge in [-0.2, -0.15) is 0 Å². The van der Waals surface area contributed by atoms with Crippen molar-refractivity contribution in [2.24, 2.45) is 0 Å². The molecule has 0 saturated heterocycles. The molecule has 0 radical (unpaired) electrons. The zero-order valence-electron chi connectivity index (χ0n) is 12.4. The van der Waals surface area contributed by atoms with Gasteiger partial charge in [0.25, 0.3) is 5.91 Å². The molecule has 0 unspecified atom stereocenters. The second kappa shape index (κ2) is 6.98. The molecule has 8 heteroatoms. The van der Waals surface area contributed by atoms with Crippen LogP contribution in [0.5, 0.6) is 0 Å². The number of ether oxygens (including phenoxy) is 1. The minimum Gasteiger partial charge on any atom is -0.465 e. The van der Waals surface area contributed by atoms with E-state index in [9.17, 15) is 9.59 Å². The van der Waals surface area contributed by atoms with Crippen molar-refractivity contribution in [3.8, 4) is 11.3 Å². The summed E-state index contributed by atoms with van der Waals surface area (Å²) in [4.78, 5) is 27.8. The number of aromatic nitrogens is 1. The molecule has 0 aliphatic rings. The maximum atomic E-state index is 12.0. The van der Waals surface area contributed by atoms with Gasteiger partial charge < -0.3 is 9.15 Å². The Morgan fingerprint density at radius 3 is 2.58 bits per heavy atom. The number of anilines is 1. The third-order valence-corrected chi connectivity index (χ3v) is 4.31. The van der Waals surface area contributed by atoms with Gasteiger partial charge in [0.15, 0.2) is 15.6 Å². The number of amides is 1. The van der Waals surface area contributed by atoms with E-state index >= 15 is 0 Å². The van der Waals surface area contributed by atoms with Gasteiger partial charge in [0.2, 0.25) is 0 Å². The Kier molecular flexibility index (Phi) is 4.77. The van der Waals surface area contributed by atoms with Gasteiger partial charge >= 0.3 is 5.97 Å². The Hall–Kier alpha value is -2.45. The van der Waals surface area contributed by atoms with Crippen LogP contribution >= 0.6 is 27.3 Å². The van der Waals surface area contributed by atoms with E-state index in [2.05, 4.69) is 31.0 Å². The molecule has 1 N–H and O–H groups in total. The Labute approximate surface area is 149 Å². The van der Waals surface area contributed by atoms with Crippen molar-refractivity contribution in [1.82, 2.24) is 4.98 Å². The topological polar surface area (TPSA) is 81.4 Å². The lowest BCUT2D eigenvalue weighted by atomic mass is 10.1. The summed E-state index contributed by atoms with van der Waals surface area (Å²) in [6, 6.07) is 10.1. The summed E-state index contributed by atoms with van der Waals surface area (Å²) in [5, 5.41) is 4.96. The van der Waals surface area contributed by atoms with Gasteiger partial charge in [0.05, 0.1) is 18.4 Å². The van der Waals surface area contributed by atoms with Gasteiger partial charge in [-0.05, 0) is 40.2 Å². The lowest BCUT2D eigenvalue weighted by Gasteiger charge is -2.01. The SMILES string of the molecule is COC(=O)c1ccc(-c2csc(NC(=O)c3ccc(Br)o3)n2)cc1. The lowest BCUT2D eigenvalue weighted by molar-refractivity contribution is 0.0600. The van der Waals surface area contributed by atoms with Gasteiger partial charge in [0.1, 0.15) is 0 Å². The number of nitrogens with one attached hydrogen (secondary N) is 1. The molecule has 0 aliphatic carbocycles. The summed E-state index contributed by atoms with van der Waals surface area (Å²) >= 11 is 4.45. The highest BCUT2D eigenvalue weighted by Gasteiger charge is 2.13. The smallest absolute Gasteiger partial charge is 0.337 e. The molecule has 1 amide bonds. The molecule has 0 fully saturated rings. The molecule has 2 aromatic heterocycles. The van der Waals surface area contributed by atoms with E-state index in [1.165, 1.54) is 18.4 Å². The summed E-state index contributed by atoms with van der Waals surface area (Å²) in [7, 11) is 1.34. The molecular weight excluding hydrogens is 396 g/mol. The number of hydrogen-bond donors (Lipinski definition) is 1. The van der Waals surface area contributed by atoms with Crippen molar-refractivity contribution < 1.29 is 18.7 Å². The van der Waals surface area contributed by atoms with E-state index in [0.717, 1.165) is 5.56 Å². The number of thiazole rings is 1. The first kappa shape index (κ1) is 16.4. The summed E-state index contributed by atoms with van der Waals surface area (Å²) in [5.41, 5.74) is 2.00. The normalized spacial score (nSPS) is 10.4. The maximum Gasteiger partial charge on any atom is 0.337 e. The zero-order valence-corrected chi connectivity index (χ0v) is 14.8. The number of carbonyl (C=O) groups is 2. The molecular formula is C16H11BrN2O4S. The summed E-state index contributed by atoms with van der Waals surface area (Å²) in [5.74, 6) is -0.568. The molecule has 0 aliphatic heterocycles. The van der Waals surface area contributed by atoms with Gasteiger partial charge in [-0.25, -0.2) is 9.78 Å². The second-order valence-electron chi connectivity index (χ2n) is 4.66. The van der Waals surface area contributed by atoms with Crippen LogP contribution in [0.3, 0.4) is 0 Å². The Bertz CT molecular complexity index is 886. The number of carbonyl (C=O) groups excluding carboxylic acids is 2. The lowest BCUT2D eigenvalue weighted by Crippen LogP contribution is -2.10. The second-order valence-corrected chi connectivity index (χ2v) is 6.30. The van der Waals surface area contributed by atoms with Crippen LogP contribution in [0.4, 0.5) is 5.13 Å². The molecule has 0 atom stereocenters. The van der Waals surface area contributed by atoms with Crippen molar-refractivity contribution >= 4 is 44.3 Å². The standard InChI is InChI=1S/C16H11BrN2O4S/c1-22-15(21)10-4-2-9(3-5-10)11-8-24-16(18-11)19-14(20)12-6-7-13(17)23-12/h2-8H,1H3,(H,18,19,20). The number of methoxy groups -OCH3 is 1.